The maximum Gasteiger partial charge on any atom is 0.325 e. The molecule has 246 valence electrons. The number of rotatable bonds is 13. The Bertz CT molecular complexity index is 1770. The van der Waals surface area contributed by atoms with Crippen LogP contribution in [0.2, 0.25) is 0 Å². The maximum atomic E-state index is 12.7. The Morgan fingerprint density at radius 1 is 0.609 bits per heavy atom. The number of hydrogen-bond donors (Lipinski definition) is 0. The van der Waals surface area contributed by atoms with Crippen molar-refractivity contribution in [2.75, 3.05) is 14.2 Å². The standard InChI is InChI=1S/C34H42N4O6S2/c1-21-15-23(3)31-25(17-21)45-33(37(31)19-29(41)43-5)35-27(39)13-11-9-7-8-10-12-14-28(40)36-34-38(20-30(42)44-6)32-24(4)16-22(2)18-26(32)46-34/h15-18H,7-14,19-20H2,1-6H3. The van der Waals surface area contributed by atoms with E-state index < -0.39 is 11.9 Å². The van der Waals surface area contributed by atoms with E-state index in [1.54, 1.807) is 9.13 Å². The van der Waals surface area contributed by atoms with Gasteiger partial charge in [-0.3, -0.25) is 19.2 Å². The lowest BCUT2D eigenvalue weighted by Gasteiger charge is -2.06. The predicted octanol–water partition coefficient (Wildman–Crippen LogP) is 5.97. The topological polar surface area (TPSA) is 121 Å². The molecule has 0 aliphatic rings. The molecule has 0 aliphatic carbocycles. The number of thiazole rings is 2. The van der Waals surface area contributed by atoms with Gasteiger partial charge in [0.05, 0.1) is 34.7 Å². The SMILES string of the molecule is COC(=O)Cn1c(=NC(=O)CCCCCCCCC(=O)N=c2sc3cc(C)cc(C)c3n2CC(=O)OC)sc2cc(C)cc(C)c21. The predicted molar refractivity (Wildman–Crippen MR) is 181 cm³/mol. The molecule has 46 heavy (non-hydrogen) atoms. The number of methoxy groups -OCH3 is 2. The van der Waals surface area contributed by atoms with Crippen LogP contribution in [0.1, 0.15) is 73.6 Å². The maximum absolute atomic E-state index is 12.7. The van der Waals surface area contributed by atoms with Crippen LogP contribution in [0.3, 0.4) is 0 Å². The average molecular weight is 667 g/mol. The highest BCUT2D eigenvalue weighted by Gasteiger charge is 2.16. The van der Waals surface area contributed by atoms with E-state index in [0.717, 1.165) is 81.2 Å². The molecule has 0 radical (unpaired) electrons. The number of amides is 2. The molecule has 2 aromatic heterocycles. The number of carbonyl (C=O) groups excluding carboxylic acids is 4. The molecule has 0 bridgehead atoms. The number of benzene rings is 2. The van der Waals surface area contributed by atoms with Crippen molar-refractivity contribution in [2.45, 2.75) is 92.2 Å². The van der Waals surface area contributed by atoms with Crippen LogP contribution in [0.25, 0.3) is 20.4 Å². The van der Waals surface area contributed by atoms with Crippen LogP contribution in [0.5, 0.6) is 0 Å². The van der Waals surface area contributed by atoms with Gasteiger partial charge in [0.2, 0.25) is 11.8 Å². The van der Waals surface area contributed by atoms with Crippen molar-refractivity contribution in [1.29, 1.82) is 0 Å². The molecule has 0 aliphatic heterocycles. The Hall–Kier alpha value is -3.90. The third-order valence-corrected chi connectivity index (χ3v) is 9.78. The molecular weight excluding hydrogens is 625 g/mol. The van der Waals surface area contributed by atoms with E-state index in [0.29, 0.717) is 22.4 Å². The number of fused-ring (bicyclic) bond motifs is 2. The van der Waals surface area contributed by atoms with Crippen LogP contribution in [0, 0.1) is 27.7 Å². The fourth-order valence-electron chi connectivity index (χ4n) is 5.62. The lowest BCUT2D eigenvalue weighted by molar-refractivity contribution is -0.142. The second kappa shape index (κ2) is 16.1. The molecule has 4 rings (SSSR count). The summed E-state index contributed by atoms with van der Waals surface area (Å²) in [5.41, 5.74) is 6.05. The Morgan fingerprint density at radius 3 is 1.35 bits per heavy atom. The van der Waals surface area contributed by atoms with E-state index >= 15 is 0 Å². The van der Waals surface area contributed by atoms with Crippen molar-refractivity contribution in [2.24, 2.45) is 9.98 Å². The quantitative estimate of drug-likeness (QED) is 0.128. The van der Waals surface area contributed by atoms with Gasteiger partial charge in [0.1, 0.15) is 13.1 Å². The number of unbranched alkanes of at least 4 members (excludes halogenated alkanes) is 5. The minimum absolute atomic E-state index is 0.000749. The largest absolute Gasteiger partial charge is 0.468 e. The highest BCUT2D eigenvalue weighted by atomic mass is 32.1. The van der Waals surface area contributed by atoms with Gasteiger partial charge in [-0.05, 0) is 74.9 Å². The van der Waals surface area contributed by atoms with Crippen LogP contribution in [0.4, 0.5) is 0 Å². The Morgan fingerprint density at radius 2 is 0.978 bits per heavy atom. The van der Waals surface area contributed by atoms with Crippen LogP contribution < -0.4 is 9.60 Å². The fourth-order valence-corrected chi connectivity index (χ4v) is 8.07. The Kier molecular flexibility index (Phi) is 12.2. The number of hydrogen-bond acceptors (Lipinski definition) is 8. The monoisotopic (exact) mass is 666 g/mol. The fraction of sp³-hybridized carbons (Fsp3) is 0.471. The molecule has 2 heterocycles. The van der Waals surface area contributed by atoms with Crippen LogP contribution in [0.15, 0.2) is 34.3 Å². The number of aryl methyl sites for hydroxylation is 4. The van der Waals surface area contributed by atoms with Gasteiger partial charge in [0, 0.05) is 12.8 Å². The first-order valence-electron chi connectivity index (χ1n) is 15.5. The lowest BCUT2D eigenvalue weighted by atomic mass is 10.1. The molecule has 0 saturated heterocycles. The molecule has 0 atom stereocenters. The van der Waals surface area contributed by atoms with Gasteiger partial charge in [-0.25, -0.2) is 0 Å². The molecule has 10 nitrogen and oxygen atoms in total. The summed E-state index contributed by atoms with van der Waals surface area (Å²) >= 11 is 2.81. The first-order chi connectivity index (χ1) is 22.0. The first-order valence-corrected chi connectivity index (χ1v) is 17.1. The van der Waals surface area contributed by atoms with Gasteiger partial charge >= 0.3 is 11.9 Å². The third-order valence-electron chi connectivity index (χ3n) is 7.73. The van der Waals surface area contributed by atoms with E-state index in [1.165, 1.54) is 36.9 Å². The highest BCUT2D eigenvalue weighted by molar-refractivity contribution is 7.16. The van der Waals surface area contributed by atoms with Gasteiger partial charge < -0.3 is 18.6 Å². The molecule has 0 unspecified atom stereocenters. The van der Waals surface area contributed by atoms with Crippen molar-refractivity contribution in [3.05, 3.63) is 56.1 Å². The summed E-state index contributed by atoms with van der Waals surface area (Å²) in [6, 6.07) is 8.18. The van der Waals surface area contributed by atoms with Crippen LogP contribution >= 0.6 is 22.7 Å². The van der Waals surface area contributed by atoms with Gasteiger partial charge in [-0.15, -0.1) is 0 Å². The number of ether oxygens (including phenoxy) is 2. The van der Waals surface area contributed by atoms with Gasteiger partial charge in [-0.1, -0.05) is 60.5 Å². The highest BCUT2D eigenvalue weighted by Crippen LogP contribution is 2.24. The summed E-state index contributed by atoms with van der Waals surface area (Å²) in [5.74, 6) is -1.20. The molecule has 2 aromatic carbocycles. The molecule has 0 fully saturated rings. The smallest absolute Gasteiger partial charge is 0.325 e. The van der Waals surface area contributed by atoms with E-state index in [-0.39, 0.29) is 24.9 Å². The second-order valence-electron chi connectivity index (χ2n) is 11.6. The molecule has 0 N–H and O–H groups in total. The molecular formula is C34H42N4O6S2. The summed E-state index contributed by atoms with van der Waals surface area (Å²) in [7, 11) is 2.70. The average Bonchev–Trinajstić information content (AvgIpc) is 3.50. The van der Waals surface area contributed by atoms with Gasteiger partial charge in [-0.2, -0.15) is 9.98 Å². The van der Waals surface area contributed by atoms with Crippen LogP contribution in [-0.2, 0) is 41.7 Å². The minimum Gasteiger partial charge on any atom is -0.468 e. The first kappa shape index (κ1) is 35.0. The Labute approximate surface area is 276 Å². The van der Waals surface area contributed by atoms with Gasteiger partial charge in [0.25, 0.3) is 0 Å². The van der Waals surface area contributed by atoms with E-state index in [9.17, 15) is 19.2 Å². The molecule has 2 amide bonds. The molecule has 0 spiro atoms. The second-order valence-corrected chi connectivity index (χ2v) is 13.6. The summed E-state index contributed by atoms with van der Waals surface area (Å²) < 4.78 is 15.3. The summed E-state index contributed by atoms with van der Waals surface area (Å²) in [5, 5.41) is 0. The van der Waals surface area contributed by atoms with E-state index in [4.69, 9.17) is 9.47 Å². The Balaban J connectivity index is 1.27. The van der Waals surface area contributed by atoms with E-state index in [2.05, 4.69) is 22.1 Å². The van der Waals surface area contributed by atoms with E-state index in [1.807, 2.05) is 39.8 Å². The lowest BCUT2D eigenvalue weighted by Crippen LogP contribution is -2.22. The third kappa shape index (κ3) is 8.88. The molecule has 12 heteroatoms. The van der Waals surface area contributed by atoms with Crippen molar-refractivity contribution in [3.8, 4) is 0 Å². The van der Waals surface area contributed by atoms with Crippen molar-refractivity contribution < 1.29 is 28.7 Å². The summed E-state index contributed by atoms with van der Waals surface area (Å²) in [6.45, 7) is 8.01. The summed E-state index contributed by atoms with van der Waals surface area (Å²) in [4.78, 5) is 59.4. The van der Waals surface area contributed by atoms with Crippen LogP contribution in [-0.4, -0.2) is 47.1 Å². The number of esters is 2. The van der Waals surface area contributed by atoms with Crippen molar-refractivity contribution in [3.63, 3.8) is 0 Å². The molecule has 4 aromatic rings. The number of nitrogens with zero attached hydrogens (tertiary/aromatic N) is 4. The normalized spacial score (nSPS) is 12.3. The summed E-state index contributed by atoms with van der Waals surface area (Å²) in [6.07, 6.45) is 5.81. The minimum atomic E-state index is -0.392. The zero-order valence-corrected chi connectivity index (χ0v) is 29.1. The zero-order valence-electron chi connectivity index (χ0n) is 27.4. The zero-order chi connectivity index (χ0) is 33.4. The molecule has 0 saturated carbocycles. The van der Waals surface area contributed by atoms with Gasteiger partial charge in [0.15, 0.2) is 9.60 Å². The van der Waals surface area contributed by atoms with Crippen molar-refractivity contribution in [1.82, 2.24) is 9.13 Å². The number of aromatic nitrogens is 2. The number of carbonyl (C=O) groups is 4. The van der Waals surface area contributed by atoms with Crippen molar-refractivity contribution >= 4 is 66.9 Å².